The molecule has 1 aliphatic carbocycles. The van der Waals surface area contributed by atoms with Crippen molar-refractivity contribution in [1.82, 2.24) is 4.98 Å². The molecule has 4 heteroatoms. The summed E-state index contributed by atoms with van der Waals surface area (Å²) in [4.78, 5) is 7.17. The molecule has 284 valence electrons. The molecule has 12 rings (SSSR count). The van der Waals surface area contributed by atoms with E-state index in [9.17, 15) is 0 Å². The van der Waals surface area contributed by atoms with Gasteiger partial charge in [0.15, 0.2) is 5.58 Å². The van der Waals surface area contributed by atoms with Crippen LogP contribution < -0.4 is 4.90 Å². The minimum absolute atomic E-state index is 0.122. The summed E-state index contributed by atoms with van der Waals surface area (Å²) >= 11 is 0. The first-order valence-electron chi connectivity index (χ1n) is 20.5. The molecule has 0 spiro atoms. The molecular formula is C56H38N2O2. The first-order valence-corrected chi connectivity index (χ1v) is 20.5. The first kappa shape index (κ1) is 34.4. The molecule has 0 bridgehead atoms. The summed E-state index contributed by atoms with van der Waals surface area (Å²) in [6.07, 6.45) is 0. The monoisotopic (exact) mass is 770 g/mol. The number of furan rings is 1. The van der Waals surface area contributed by atoms with Crippen molar-refractivity contribution in [3.8, 4) is 44.8 Å². The Balaban J connectivity index is 0.940. The maximum absolute atomic E-state index is 6.48. The molecule has 9 aromatic carbocycles. The van der Waals surface area contributed by atoms with Crippen LogP contribution in [0.3, 0.4) is 0 Å². The van der Waals surface area contributed by atoms with E-state index in [0.29, 0.717) is 5.89 Å². The molecule has 0 fully saturated rings. The molecule has 60 heavy (non-hydrogen) atoms. The molecule has 0 saturated carbocycles. The third-order valence-corrected chi connectivity index (χ3v) is 12.5. The van der Waals surface area contributed by atoms with Crippen molar-refractivity contribution in [3.63, 3.8) is 0 Å². The van der Waals surface area contributed by atoms with E-state index in [-0.39, 0.29) is 5.41 Å². The van der Waals surface area contributed by atoms with Gasteiger partial charge in [0.2, 0.25) is 5.89 Å². The van der Waals surface area contributed by atoms with E-state index in [2.05, 4.69) is 170 Å². The van der Waals surface area contributed by atoms with Crippen LogP contribution in [0.2, 0.25) is 0 Å². The van der Waals surface area contributed by atoms with Crippen LogP contribution in [-0.2, 0) is 5.41 Å². The van der Waals surface area contributed by atoms with Gasteiger partial charge in [-0.25, -0.2) is 4.98 Å². The fourth-order valence-corrected chi connectivity index (χ4v) is 9.45. The number of rotatable bonds is 6. The van der Waals surface area contributed by atoms with E-state index in [1.54, 1.807) is 0 Å². The minimum atomic E-state index is -0.122. The van der Waals surface area contributed by atoms with Crippen molar-refractivity contribution in [3.05, 3.63) is 205 Å². The van der Waals surface area contributed by atoms with E-state index in [4.69, 9.17) is 13.8 Å². The van der Waals surface area contributed by atoms with Crippen LogP contribution in [0.25, 0.3) is 88.6 Å². The summed E-state index contributed by atoms with van der Waals surface area (Å²) in [6, 6.07) is 69.4. The van der Waals surface area contributed by atoms with Gasteiger partial charge in [-0.3, -0.25) is 0 Å². The second-order valence-electron chi connectivity index (χ2n) is 16.4. The Morgan fingerprint density at radius 3 is 1.98 bits per heavy atom. The highest BCUT2D eigenvalue weighted by atomic mass is 16.4. The molecule has 0 saturated heterocycles. The van der Waals surface area contributed by atoms with Gasteiger partial charge >= 0.3 is 0 Å². The molecule has 0 N–H and O–H groups in total. The molecule has 2 aromatic heterocycles. The molecule has 1 aliphatic rings. The number of benzene rings is 9. The topological polar surface area (TPSA) is 42.4 Å². The lowest BCUT2D eigenvalue weighted by Crippen LogP contribution is -2.16. The molecule has 0 unspecified atom stereocenters. The number of oxazole rings is 1. The van der Waals surface area contributed by atoms with Gasteiger partial charge in [-0.15, -0.1) is 0 Å². The summed E-state index contributed by atoms with van der Waals surface area (Å²) in [6.45, 7) is 4.69. The van der Waals surface area contributed by atoms with Crippen LogP contribution in [0.4, 0.5) is 17.1 Å². The molecule has 4 nitrogen and oxygen atoms in total. The largest absolute Gasteiger partial charge is 0.456 e. The van der Waals surface area contributed by atoms with Crippen molar-refractivity contribution < 1.29 is 8.83 Å². The maximum Gasteiger partial charge on any atom is 0.227 e. The molecular weight excluding hydrogens is 733 g/mol. The highest BCUT2D eigenvalue weighted by Gasteiger charge is 2.35. The minimum Gasteiger partial charge on any atom is -0.456 e. The van der Waals surface area contributed by atoms with Gasteiger partial charge in [-0.1, -0.05) is 135 Å². The fourth-order valence-electron chi connectivity index (χ4n) is 9.45. The number of anilines is 3. The van der Waals surface area contributed by atoms with Crippen LogP contribution in [0.5, 0.6) is 0 Å². The Bertz CT molecular complexity index is 3460. The Morgan fingerprint density at radius 1 is 0.400 bits per heavy atom. The van der Waals surface area contributed by atoms with Crippen LogP contribution in [0, 0.1) is 0 Å². The highest BCUT2D eigenvalue weighted by molar-refractivity contribution is 6.09. The zero-order valence-electron chi connectivity index (χ0n) is 33.2. The van der Waals surface area contributed by atoms with Gasteiger partial charge in [0, 0.05) is 44.9 Å². The van der Waals surface area contributed by atoms with Crippen LogP contribution in [-0.4, -0.2) is 4.98 Å². The van der Waals surface area contributed by atoms with E-state index >= 15 is 0 Å². The molecule has 0 amide bonds. The van der Waals surface area contributed by atoms with Gasteiger partial charge in [0.05, 0.1) is 0 Å². The van der Waals surface area contributed by atoms with Crippen molar-refractivity contribution in [2.45, 2.75) is 19.3 Å². The molecule has 2 heterocycles. The van der Waals surface area contributed by atoms with E-state index in [1.165, 1.54) is 44.2 Å². The van der Waals surface area contributed by atoms with Crippen molar-refractivity contribution in [1.29, 1.82) is 0 Å². The number of hydrogen-bond acceptors (Lipinski definition) is 4. The average molecular weight is 771 g/mol. The summed E-state index contributed by atoms with van der Waals surface area (Å²) in [5.41, 5.74) is 17.2. The molecule has 0 aliphatic heterocycles. The van der Waals surface area contributed by atoms with Gasteiger partial charge in [-0.05, 0) is 122 Å². The third-order valence-electron chi connectivity index (χ3n) is 12.5. The number of fused-ring (bicyclic) bond motifs is 8. The first-order chi connectivity index (χ1) is 29.5. The standard InChI is InChI=1S/C56H38N2O2/c1-56(2)49-21-9-8-19-45(49)46-29-27-42(32-50(46)56)58(41-17-10-16-39(30-41)44-20-11-15-36-12-6-7-18-43(36)44)40-25-22-35(23-26-40)38-24-28-47-48-33-54-51(34-53(48)59-52(47)31-38)57-55(60-54)37-13-4-3-5-14-37/h3-34H,1-2H3. The van der Waals surface area contributed by atoms with Crippen LogP contribution in [0.15, 0.2) is 203 Å². The average Bonchev–Trinajstić information content (AvgIpc) is 3.95. The number of nitrogens with zero attached hydrogens (tertiary/aromatic N) is 2. The second kappa shape index (κ2) is 13.2. The Kier molecular flexibility index (Phi) is 7.54. The van der Waals surface area contributed by atoms with E-state index in [1.807, 2.05) is 42.5 Å². The Morgan fingerprint density at radius 2 is 1.08 bits per heavy atom. The second-order valence-corrected chi connectivity index (χ2v) is 16.4. The van der Waals surface area contributed by atoms with Crippen LogP contribution in [0.1, 0.15) is 25.0 Å². The van der Waals surface area contributed by atoms with E-state index in [0.717, 1.165) is 66.8 Å². The molecule has 0 radical (unpaired) electrons. The predicted molar refractivity (Wildman–Crippen MR) is 247 cm³/mol. The lowest BCUT2D eigenvalue weighted by atomic mass is 9.82. The predicted octanol–water partition coefficient (Wildman–Crippen LogP) is 15.7. The zero-order chi connectivity index (χ0) is 40.0. The fraction of sp³-hybridized carbons (Fsp3) is 0.0536. The van der Waals surface area contributed by atoms with Crippen LogP contribution >= 0.6 is 0 Å². The van der Waals surface area contributed by atoms with Crippen molar-refractivity contribution in [2.24, 2.45) is 0 Å². The Hall–Kier alpha value is -7.69. The molecule has 11 aromatic rings. The van der Waals surface area contributed by atoms with Gasteiger partial charge in [0.1, 0.15) is 16.7 Å². The summed E-state index contributed by atoms with van der Waals surface area (Å²) in [5.74, 6) is 0.606. The summed E-state index contributed by atoms with van der Waals surface area (Å²) in [7, 11) is 0. The quantitative estimate of drug-likeness (QED) is 0.169. The highest BCUT2D eigenvalue weighted by Crippen LogP contribution is 2.51. The van der Waals surface area contributed by atoms with Gasteiger partial charge < -0.3 is 13.7 Å². The lowest BCUT2D eigenvalue weighted by molar-refractivity contribution is 0.620. The summed E-state index contributed by atoms with van der Waals surface area (Å²) in [5, 5.41) is 4.54. The lowest BCUT2D eigenvalue weighted by Gasteiger charge is -2.28. The summed E-state index contributed by atoms with van der Waals surface area (Å²) < 4.78 is 12.7. The van der Waals surface area contributed by atoms with Gasteiger partial charge in [0.25, 0.3) is 0 Å². The normalized spacial score (nSPS) is 13.0. The van der Waals surface area contributed by atoms with E-state index < -0.39 is 0 Å². The van der Waals surface area contributed by atoms with Crippen molar-refractivity contribution in [2.75, 3.05) is 4.90 Å². The zero-order valence-corrected chi connectivity index (χ0v) is 33.2. The maximum atomic E-state index is 6.48. The smallest absolute Gasteiger partial charge is 0.227 e. The Labute approximate surface area is 347 Å². The molecule has 0 atom stereocenters. The third kappa shape index (κ3) is 5.41. The number of hydrogen-bond donors (Lipinski definition) is 0. The SMILES string of the molecule is CC1(C)c2ccccc2-c2ccc(N(c3ccc(-c4ccc5c(c4)oc4cc6nc(-c7ccccc7)oc6cc45)cc3)c3cccc(-c4cccc5ccccc45)c3)cc21. The van der Waals surface area contributed by atoms with Crippen molar-refractivity contribution >= 4 is 60.9 Å². The van der Waals surface area contributed by atoms with Gasteiger partial charge in [-0.2, -0.15) is 0 Å². The number of aromatic nitrogens is 1.